The number of aliphatic carboxylic acids is 1. The summed E-state index contributed by atoms with van der Waals surface area (Å²) in [5.41, 5.74) is 17.3. The first-order chi connectivity index (χ1) is 42.8. The minimum absolute atomic E-state index is 0.00131. The number of thioether (sulfide) groups is 1. The number of aliphatic hydroxyl groups is 1. The molecule has 2 heterocycles. The monoisotopic (exact) mass is 1300 g/mol. The fourth-order valence-corrected chi connectivity index (χ4v) is 11.9. The van der Waals surface area contributed by atoms with E-state index in [-0.39, 0.29) is 87.6 Å². The molecule has 512 valence electrons. The highest BCUT2D eigenvalue weighted by atomic mass is 32.2. The van der Waals surface area contributed by atoms with Gasteiger partial charge in [-0.1, -0.05) is 132 Å². The molecular formula is C64H107N13O13S. The summed E-state index contributed by atoms with van der Waals surface area (Å²) < 4.78 is -0.406. The number of benzene rings is 1. The van der Waals surface area contributed by atoms with Crippen molar-refractivity contribution in [3.05, 3.63) is 35.9 Å². The van der Waals surface area contributed by atoms with Gasteiger partial charge >= 0.3 is 5.97 Å². The Hall–Kier alpha value is -7.03. The van der Waals surface area contributed by atoms with Crippen molar-refractivity contribution in [2.24, 2.45) is 45.9 Å². The van der Waals surface area contributed by atoms with E-state index < -0.39 is 137 Å². The fraction of sp³-hybridized carbons (Fsp3) is 0.719. The molecular weight excluding hydrogens is 1190 g/mol. The van der Waals surface area contributed by atoms with Gasteiger partial charge in [0.1, 0.15) is 48.3 Å². The van der Waals surface area contributed by atoms with E-state index in [0.717, 1.165) is 47.5 Å². The molecule has 0 bridgehead atoms. The van der Waals surface area contributed by atoms with E-state index in [0.29, 0.717) is 32.2 Å². The molecule has 3 rings (SSSR count). The second-order valence-electron chi connectivity index (χ2n) is 26.2. The van der Waals surface area contributed by atoms with Crippen molar-refractivity contribution in [1.29, 1.82) is 0 Å². The smallest absolute Gasteiger partial charge is 0.305 e. The van der Waals surface area contributed by atoms with Crippen molar-refractivity contribution in [3.63, 3.8) is 0 Å². The van der Waals surface area contributed by atoms with E-state index in [1.807, 2.05) is 65.0 Å². The van der Waals surface area contributed by atoms with Crippen LogP contribution in [0.4, 0.5) is 0 Å². The van der Waals surface area contributed by atoms with Gasteiger partial charge < -0.3 is 74.0 Å². The van der Waals surface area contributed by atoms with E-state index in [4.69, 9.17) is 17.2 Å². The van der Waals surface area contributed by atoms with E-state index in [1.54, 1.807) is 32.6 Å². The van der Waals surface area contributed by atoms with Crippen molar-refractivity contribution in [2.45, 2.75) is 231 Å². The van der Waals surface area contributed by atoms with Crippen LogP contribution in [0.25, 0.3) is 0 Å². The van der Waals surface area contributed by atoms with Gasteiger partial charge in [-0.05, 0) is 68.3 Å². The van der Waals surface area contributed by atoms with Crippen molar-refractivity contribution in [1.82, 2.24) is 46.6 Å². The van der Waals surface area contributed by atoms with Gasteiger partial charge in [0.25, 0.3) is 0 Å². The van der Waals surface area contributed by atoms with Crippen molar-refractivity contribution in [3.8, 4) is 0 Å². The third-order valence-corrected chi connectivity index (χ3v) is 17.6. The normalized spacial score (nSPS) is 18.5. The maximum atomic E-state index is 15.0. The van der Waals surface area contributed by atoms with Crippen LogP contribution in [-0.2, 0) is 59.2 Å². The first kappa shape index (κ1) is 78.2. The summed E-state index contributed by atoms with van der Waals surface area (Å²) in [7, 11) is 1.31. The molecule has 1 aromatic rings. The number of piperidine rings is 1. The Bertz CT molecular complexity index is 2620. The molecule has 26 nitrogen and oxygen atoms in total. The largest absolute Gasteiger partial charge is 0.481 e. The maximum Gasteiger partial charge on any atom is 0.305 e. The number of hydrogen-bond donors (Lipinski definition) is 11. The number of primary amides is 1. The number of carbonyl (C=O) groups excluding carboxylic acids is 10. The number of nitrogens with two attached hydrogens (primary N) is 3. The van der Waals surface area contributed by atoms with Gasteiger partial charge in [0.15, 0.2) is 5.96 Å². The van der Waals surface area contributed by atoms with Crippen LogP contribution in [0.1, 0.15) is 171 Å². The van der Waals surface area contributed by atoms with E-state index in [9.17, 15) is 58.2 Å². The number of likely N-dealkylation sites (tertiary alicyclic amines) is 2. The molecule has 0 aliphatic carbocycles. The van der Waals surface area contributed by atoms with Crippen LogP contribution >= 0.6 is 11.8 Å². The van der Waals surface area contributed by atoms with Crippen molar-refractivity contribution >= 4 is 82.8 Å². The van der Waals surface area contributed by atoms with E-state index in [1.165, 1.54) is 18.8 Å². The lowest BCUT2D eigenvalue weighted by Gasteiger charge is -2.35. The number of unbranched alkanes of at least 4 members (excludes halogenated alkanes) is 4. The highest BCUT2D eigenvalue weighted by Crippen LogP contribution is 2.27. The molecule has 14 N–H and O–H groups in total. The van der Waals surface area contributed by atoms with Gasteiger partial charge in [0.05, 0.1) is 18.4 Å². The van der Waals surface area contributed by atoms with Gasteiger partial charge in [0, 0.05) is 63.0 Å². The zero-order valence-corrected chi connectivity index (χ0v) is 56.4. The minimum Gasteiger partial charge on any atom is -0.481 e. The number of β-amino-alcohol motifs (C(OH)–C–C–N with tert-alkyl or cyclic N) is 1. The summed E-state index contributed by atoms with van der Waals surface area (Å²) in [6, 6.07) is -1.72. The van der Waals surface area contributed by atoms with Gasteiger partial charge in [-0.25, -0.2) is 0 Å². The molecule has 2 aliphatic rings. The average Bonchev–Trinajstić information content (AvgIpc) is 1.94. The Kier molecular flexibility index (Phi) is 33.3. The Balaban J connectivity index is 1.94. The highest BCUT2D eigenvalue weighted by Gasteiger charge is 2.46. The number of likely N-dealkylation sites (N-methyl/N-ethyl adjacent to an activating group) is 1. The van der Waals surface area contributed by atoms with Gasteiger partial charge in [-0.15, -0.1) is 0 Å². The van der Waals surface area contributed by atoms with Crippen LogP contribution in [0.3, 0.4) is 0 Å². The van der Waals surface area contributed by atoms with Crippen molar-refractivity contribution < 1.29 is 63.0 Å². The van der Waals surface area contributed by atoms with Crippen LogP contribution in [0.5, 0.6) is 0 Å². The standard InChI is InChI=1S/C64H107N13O13S/c1-12-14-15-16-20-27-51(79)76-29-22-25-42(35-76)55(83)70-45(32-41-23-18-17-19-24-41)57(85)73-48(37-91-64(8,9)10)59(87)72-47(30-38(3)4)61(89)77-36-43(78)33-50(77)62(90)75(11)49(31-39(5)6)60(88)71-46(34-52(80)81)58(86)69-44(26-21-28-68-63(66)67)56(84)74-53(54(65)82)40(7)13-2/h17-19,23-24,38-40,42-50,53,78H,12-16,20-22,25-37H2,1-11H3,(H2,65,82)(H,69,86)(H,70,83)(H,71,88)(H,72,87)(H,73,85)(H,74,84)(H,80,81)(H4,66,67,68)/t40-,42-,43+,44-,45-,46-,47-,48+,49-,50-,53-/m0/s1. The molecule has 2 fully saturated rings. The van der Waals surface area contributed by atoms with Crippen LogP contribution < -0.4 is 49.1 Å². The predicted molar refractivity (Wildman–Crippen MR) is 349 cm³/mol. The predicted octanol–water partition coefficient (Wildman–Crippen LogP) is 2.21. The summed E-state index contributed by atoms with van der Waals surface area (Å²) >= 11 is 1.38. The quantitative estimate of drug-likeness (QED) is 0.0257. The van der Waals surface area contributed by atoms with Crippen LogP contribution in [0.2, 0.25) is 0 Å². The van der Waals surface area contributed by atoms with E-state index in [2.05, 4.69) is 43.8 Å². The number of rotatable bonds is 38. The number of amides is 10. The zero-order valence-electron chi connectivity index (χ0n) is 55.6. The van der Waals surface area contributed by atoms with Gasteiger partial charge in [-0.3, -0.25) is 57.7 Å². The fourth-order valence-electron chi connectivity index (χ4n) is 11.0. The van der Waals surface area contributed by atoms with E-state index >= 15 is 4.79 Å². The molecule has 91 heavy (non-hydrogen) atoms. The zero-order chi connectivity index (χ0) is 68.3. The summed E-state index contributed by atoms with van der Waals surface area (Å²) in [5, 5.41) is 37.5. The molecule has 0 unspecified atom stereocenters. The maximum absolute atomic E-state index is 15.0. The Labute approximate surface area is 542 Å². The van der Waals surface area contributed by atoms with Crippen LogP contribution in [0.15, 0.2) is 35.3 Å². The number of carboxylic acid groups (broad SMARTS) is 1. The second-order valence-corrected chi connectivity index (χ2v) is 28.0. The topological polar surface area (TPSA) is 401 Å². The molecule has 0 saturated carbocycles. The lowest BCUT2D eigenvalue weighted by molar-refractivity contribution is -0.149. The second kappa shape index (κ2) is 38.7. The number of nitrogens with zero attached hydrogens (tertiary/aromatic N) is 4. The number of hydrogen-bond acceptors (Lipinski definition) is 14. The molecule has 0 spiro atoms. The van der Waals surface area contributed by atoms with Crippen molar-refractivity contribution in [2.75, 3.05) is 39.0 Å². The number of carboxylic acids is 1. The number of carbonyl (C=O) groups is 11. The number of aliphatic hydroxyl groups excluding tert-OH is 1. The molecule has 1 aromatic carbocycles. The van der Waals surface area contributed by atoms with Gasteiger partial charge in [-0.2, -0.15) is 11.8 Å². The summed E-state index contributed by atoms with van der Waals surface area (Å²) in [6.45, 7) is 19.1. The van der Waals surface area contributed by atoms with Crippen LogP contribution in [-0.4, -0.2) is 194 Å². The molecule has 10 amide bonds. The summed E-state index contributed by atoms with van der Waals surface area (Å²) in [6.07, 6.45) is 4.67. The summed E-state index contributed by atoms with van der Waals surface area (Å²) in [5.74, 6) is -10.1. The number of aliphatic imine (C=N–C) groups is 1. The van der Waals surface area contributed by atoms with Crippen LogP contribution in [0, 0.1) is 23.7 Å². The third-order valence-electron chi connectivity index (χ3n) is 16.3. The molecule has 2 aliphatic heterocycles. The average molecular weight is 1300 g/mol. The lowest BCUT2D eigenvalue weighted by atomic mass is 9.95. The SMILES string of the molecule is CCCCCCCC(=O)N1CCC[C@H](C(=O)N[C@@H](Cc2ccccc2)C(=O)N[C@H](CSC(C)(C)C)C(=O)N[C@@H](CC(C)C)C(=O)N2C[C@H](O)C[C@H]2C(=O)N(C)[C@@H](CC(C)C)C(=O)N[C@@H](CC(=O)O)C(=O)N[C@@H](CCCN=C(N)N)C(=O)N[C@H](C(N)=O)[C@@H](C)CC)C1. The Morgan fingerprint density at radius 3 is 1.91 bits per heavy atom. The third kappa shape index (κ3) is 27.4. The summed E-state index contributed by atoms with van der Waals surface area (Å²) in [4.78, 5) is 162. The molecule has 0 aromatic heterocycles. The molecule has 2 saturated heterocycles. The Morgan fingerprint density at radius 2 is 1.32 bits per heavy atom. The molecule has 11 atom stereocenters. The van der Waals surface area contributed by atoms with Gasteiger partial charge in [0.2, 0.25) is 59.1 Å². The lowest BCUT2D eigenvalue weighted by Crippen LogP contribution is -2.61. The first-order valence-electron chi connectivity index (χ1n) is 32.4. The Morgan fingerprint density at radius 1 is 0.725 bits per heavy atom. The molecule has 0 radical (unpaired) electrons. The highest BCUT2D eigenvalue weighted by molar-refractivity contribution is 8.00. The number of guanidine groups is 1. The minimum atomic E-state index is -1.81. The first-order valence-corrected chi connectivity index (χ1v) is 33.3. The number of nitrogens with one attached hydrogen (secondary N) is 6. The molecule has 27 heteroatoms.